The Bertz CT molecular complexity index is 932. The molecule has 0 radical (unpaired) electrons. The number of benzene rings is 2. The minimum Gasteiger partial charge on any atom is -0.507 e. The Morgan fingerprint density at radius 1 is 1.21 bits per heavy atom. The van der Waals surface area contributed by atoms with Gasteiger partial charge < -0.3 is 19.7 Å². The number of phenols is 1. The molecule has 0 fully saturated rings. The summed E-state index contributed by atoms with van der Waals surface area (Å²) < 4.78 is 11.3. The topological polar surface area (TPSA) is 58.9 Å². The van der Waals surface area contributed by atoms with Gasteiger partial charge in [0, 0.05) is 23.6 Å². The van der Waals surface area contributed by atoms with E-state index in [4.69, 9.17) is 9.47 Å². The third kappa shape index (κ3) is 4.65. The fraction of sp³-hybridized carbons (Fsp3) is 0.360. The van der Waals surface area contributed by atoms with Crippen molar-refractivity contribution in [3.63, 3.8) is 0 Å². The summed E-state index contributed by atoms with van der Waals surface area (Å²) in [5.41, 5.74) is 4.18. The number of fused-ring (bicyclic) bond motifs is 1. The fourth-order valence-corrected chi connectivity index (χ4v) is 3.46. The molecule has 1 aliphatic rings. The summed E-state index contributed by atoms with van der Waals surface area (Å²) in [5.74, 6) is 1.65. The van der Waals surface area contributed by atoms with Crippen molar-refractivity contribution in [3.8, 4) is 17.2 Å². The Labute approximate surface area is 173 Å². The van der Waals surface area contributed by atoms with Crippen molar-refractivity contribution in [2.24, 2.45) is 0 Å². The molecule has 1 heterocycles. The molecule has 2 aromatic rings. The van der Waals surface area contributed by atoms with Gasteiger partial charge in [-0.2, -0.15) is 0 Å². The highest BCUT2D eigenvalue weighted by atomic mass is 16.5. The van der Waals surface area contributed by atoms with Crippen LogP contribution in [0.25, 0.3) is 12.2 Å². The van der Waals surface area contributed by atoms with Crippen molar-refractivity contribution in [2.75, 3.05) is 7.11 Å². The molecule has 3 rings (SSSR count). The number of aromatic hydroxyl groups is 1. The molecule has 0 aromatic heterocycles. The lowest BCUT2D eigenvalue weighted by molar-refractivity contribution is -0.0413. The lowest BCUT2D eigenvalue weighted by atomic mass is 9.85. The molecule has 4 nitrogen and oxygen atoms in total. The van der Waals surface area contributed by atoms with E-state index in [1.54, 1.807) is 13.2 Å². The molecule has 1 unspecified atom stereocenters. The van der Waals surface area contributed by atoms with Crippen LogP contribution in [-0.4, -0.2) is 29.0 Å². The summed E-state index contributed by atoms with van der Waals surface area (Å²) in [5, 5.41) is 21.3. The second-order valence-electron chi connectivity index (χ2n) is 8.28. The Hall–Kier alpha value is -2.72. The molecular weight excluding hydrogens is 364 g/mol. The van der Waals surface area contributed by atoms with Gasteiger partial charge in [0.2, 0.25) is 0 Å². The number of hydrogen-bond acceptors (Lipinski definition) is 4. The van der Waals surface area contributed by atoms with Gasteiger partial charge in [0.1, 0.15) is 22.8 Å². The first kappa shape index (κ1) is 21.0. The number of ether oxygens (including phenoxy) is 2. The normalized spacial score (nSPS) is 17.5. The van der Waals surface area contributed by atoms with E-state index in [-0.39, 0.29) is 5.75 Å². The Balaban J connectivity index is 2.09. The molecule has 154 valence electrons. The van der Waals surface area contributed by atoms with Gasteiger partial charge in [-0.3, -0.25) is 0 Å². The smallest absolute Gasteiger partial charge is 0.129 e. The van der Waals surface area contributed by atoms with Gasteiger partial charge in [-0.25, -0.2) is 0 Å². The number of aliphatic hydroxyl groups is 1. The third-order valence-corrected chi connectivity index (χ3v) is 5.37. The quantitative estimate of drug-likeness (QED) is 0.544. The summed E-state index contributed by atoms with van der Waals surface area (Å²) in [7, 11) is 1.65. The van der Waals surface area contributed by atoms with E-state index in [9.17, 15) is 10.2 Å². The highest BCUT2D eigenvalue weighted by Crippen LogP contribution is 2.41. The van der Waals surface area contributed by atoms with Crippen molar-refractivity contribution >= 4 is 12.2 Å². The van der Waals surface area contributed by atoms with Crippen LogP contribution in [0.3, 0.4) is 0 Å². The molecule has 2 aromatic carbocycles. The molecule has 0 spiro atoms. The highest BCUT2D eigenvalue weighted by molar-refractivity contribution is 5.76. The average Bonchev–Trinajstić information content (AvgIpc) is 2.66. The number of hydrogen-bond donors (Lipinski definition) is 2. The van der Waals surface area contributed by atoms with Gasteiger partial charge >= 0.3 is 0 Å². The second kappa shape index (κ2) is 8.34. The van der Waals surface area contributed by atoms with Crippen LogP contribution in [0.15, 0.2) is 42.0 Å². The van der Waals surface area contributed by atoms with Crippen molar-refractivity contribution in [1.29, 1.82) is 0 Å². The first-order valence-corrected chi connectivity index (χ1v) is 9.91. The van der Waals surface area contributed by atoms with Crippen LogP contribution in [0.1, 0.15) is 49.9 Å². The van der Waals surface area contributed by atoms with E-state index in [0.717, 1.165) is 28.0 Å². The van der Waals surface area contributed by atoms with Crippen LogP contribution in [0, 0.1) is 0 Å². The standard InChI is InChI=1S/C25H30O4/c1-16(2)6-12-20-19(13-9-17-7-10-18(28-5)11-8-17)21-14-24(27)25(3,4)29-23(21)15-22(20)26/h6-11,13,15,24,26-27H,12,14H2,1-5H3/b13-9+. The molecule has 29 heavy (non-hydrogen) atoms. The van der Waals surface area contributed by atoms with Crippen molar-refractivity contribution in [3.05, 3.63) is 64.2 Å². The van der Waals surface area contributed by atoms with E-state index in [0.29, 0.717) is 18.6 Å². The third-order valence-electron chi connectivity index (χ3n) is 5.37. The number of phenolic OH excluding ortho intramolecular Hbond substituents is 1. The summed E-state index contributed by atoms with van der Waals surface area (Å²) in [6.45, 7) is 7.80. The lowest BCUT2D eigenvalue weighted by Crippen LogP contribution is -2.46. The summed E-state index contributed by atoms with van der Waals surface area (Å²) in [6, 6.07) is 9.47. The van der Waals surface area contributed by atoms with Crippen molar-refractivity contribution in [2.45, 2.75) is 52.2 Å². The number of rotatable bonds is 5. The first-order chi connectivity index (χ1) is 13.7. The predicted octanol–water partition coefficient (Wildman–Crippen LogP) is 5.15. The predicted molar refractivity (Wildman–Crippen MR) is 118 cm³/mol. The number of methoxy groups -OCH3 is 1. The van der Waals surface area contributed by atoms with Gasteiger partial charge in [0.25, 0.3) is 0 Å². The molecule has 0 bridgehead atoms. The summed E-state index contributed by atoms with van der Waals surface area (Å²) in [6.07, 6.45) is 6.57. The van der Waals surface area contributed by atoms with E-state index in [2.05, 4.69) is 6.08 Å². The summed E-state index contributed by atoms with van der Waals surface area (Å²) >= 11 is 0. The average molecular weight is 395 g/mol. The van der Waals surface area contributed by atoms with E-state index in [1.807, 2.05) is 64.1 Å². The van der Waals surface area contributed by atoms with Gasteiger partial charge in [-0.05, 0) is 57.4 Å². The van der Waals surface area contributed by atoms with Gasteiger partial charge in [0.05, 0.1) is 13.2 Å². The monoisotopic (exact) mass is 394 g/mol. The van der Waals surface area contributed by atoms with Crippen molar-refractivity contribution < 1.29 is 19.7 Å². The molecule has 1 atom stereocenters. The number of allylic oxidation sites excluding steroid dienone is 2. The van der Waals surface area contributed by atoms with Crippen LogP contribution in [0.2, 0.25) is 0 Å². The molecule has 0 saturated heterocycles. The zero-order chi connectivity index (χ0) is 21.2. The fourth-order valence-electron chi connectivity index (χ4n) is 3.46. The highest BCUT2D eigenvalue weighted by Gasteiger charge is 2.37. The molecule has 0 saturated carbocycles. The Morgan fingerprint density at radius 3 is 2.52 bits per heavy atom. The Kier molecular flexibility index (Phi) is 6.04. The maximum Gasteiger partial charge on any atom is 0.129 e. The zero-order valence-electron chi connectivity index (χ0n) is 17.8. The largest absolute Gasteiger partial charge is 0.507 e. The number of aliphatic hydroxyl groups excluding tert-OH is 1. The van der Waals surface area contributed by atoms with Crippen LogP contribution in [-0.2, 0) is 12.8 Å². The molecule has 2 N–H and O–H groups in total. The van der Waals surface area contributed by atoms with E-state index >= 15 is 0 Å². The molecule has 0 aliphatic carbocycles. The van der Waals surface area contributed by atoms with Crippen LogP contribution in [0.4, 0.5) is 0 Å². The van der Waals surface area contributed by atoms with Gasteiger partial charge in [0.15, 0.2) is 0 Å². The van der Waals surface area contributed by atoms with Gasteiger partial charge in [-0.1, -0.05) is 35.9 Å². The minimum absolute atomic E-state index is 0.211. The molecule has 1 aliphatic heterocycles. The second-order valence-corrected chi connectivity index (χ2v) is 8.28. The molecule has 0 amide bonds. The lowest BCUT2D eigenvalue weighted by Gasteiger charge is -2.38. The van der Waals surface area contributed by atoms with Crippen LogP contribution in [0.5, 0.6) is 17.2 Å². The maximum atomic E-state index is 10.7. The molecule has 4 heteroatoms. The maximum absolute atomic E-state index is 10.7. The summed E-state index contributed by atoms with van der Waals surface area (Å²) in [4.78, 5) is 0. The molecular formula is C25H30O4. The van der Waals surface area contributed by atoms with Gasteiger partial charge in [-0.15, -0.1) is 0 Å². The van der Waals surface area contributed by atoms with Crippen LogP contribution >= 0.6 is 0 Å². The minimum atomic E-state index is -0.697. The van der Waals surface area contributed by atoms with Crippen molar-refractivity contribution in [1.82, 2.24) is 0 Å². The van der Waals surface area contributed by atoms with E-state index < -0.39 is 11.7 Å². The first-order valence-electron chi connectivity index (χ1n) is 9.91. The zero-order valence-corrected chi connectivity index (χ0v) is 17.8. The SMILES string of the molecule is COc1ccc(/C=C/c2c(CC=C(C)C)c(O)cc3c2CC(O)C(C)(C)O3)cc1. The van der Waals surface area contributed by atoms with E-state index in [1.165, 1.54) is 5.57 Å². The Morgan fingerprint density at radius 2 is 1.90 bits per heavy atom. The van der Waals surface area contributed by atoms with Crippen LogP contribution < -0.4 is 9.47 Å².